The molecule has 1 aliphatic rings. The number of methoxy groups -OCH3 is 1. The molecule has 2 N–H and O–H groups in total. The number of carboxylic acids is 1. The summed E-state index contributed by atoms with van der Waals surface area (Å²) in [7, 11) is 1.46. The predicted octanol–water partition coefficient (Wildman–Crippen LogP) is 1.81. The topological polar surface area (TPSA) is 84.3 Å². The molecule has 18 heavy (non-hydrogen) atoms. The molecule has 1 aliphatic carbocycles. The molecule has 0 unspecified atom stereocenters. The largest absolute Gasteiger partial charge is 0.481 e. The number of ether oxygens (including phenoxy) is 1. The van der Waals surface area contributed by atoms with Gasteiger partial charge in [-0.25, -0.2) is 4.98 Å². The summed E-state index contributed by atoms with van der Waals surface area (Å²) >= 11 is 5.93. The molecule has 0 bridgehead atoms. The van der Waals surface area contributed by atoms with Crippen molar-refractivity contribution >= 4 is 23.4 Å². The van der Waals surface area contributed by atoms with Crippen molar-refractivity contribution in [2.75, 3.05) is 19.0 Å². The van der Waals surface area contributed by atoms with E-state index in [1.807, 2.05) is 0 Å². The number of hydrogen-bond donors (Lipinski definition) is 2. The summed E-state index contributed by atoms with van der Waals surface area (Å²) in [6, 6.07) is 0.194. The molecule has 0 atom stereocenters. The summed E-state index contributed by atoms with van der Waals surface area (Å²) in [5.41, 5.74) is -0.693. The van der Waals surface area contributed by atoms with Crippen LogP contribution >= 0.6 is 11.6 Å². The Bertz CT molecular complexity index is 463. The van der Waals surface area contributed by atoms with Gasteiger partial charge in [-0.3, -0.25) is 4.79 Å². The van der Waals surface area contributed by atoms with Crippen molar-refractivity contribution in [3.8, 4) is 6.01 Å². The molecule has 6 nitrogen and oxygen atoms in total. The van der Waals surface area contributed by atoms with Crippen molar-refractivity contribution in [3.05, 3.63) is 11.2 Å². The highest BCUT2D eigenvalue weighted by molar-refractivity contribution is 6.32. The molecular weight excluding hydrogens is 258 g/mol. The standard InChI is InChI=1S/C11H14ClN3O3/c1-18-10-13-5-7(12)8(15-10)14-6-11(9(16)17)3-2-4-11/h5H,2-4,6H2,1H3,(H,16,17)(H,13,14,15). The van der Waals surface area contributed by atoms with Gasteiger partial charge in [0.1, 0.15) is 5.02 Å². The maximum Gasteiger partial charge on any atom is 0.318 e. The third-order valence-electron chi connectivity index (χ3n) is 3.26. The monoisotopic (exact) mass is 271 g/mol. The average Bonchev–Trinajstić information content (AvgIpc) is 2.29. The number of halogens is 1. The molecule has 1 aromatic heterocycles. The second-order valence-electron chi connectivity index (χ2n) is 4.35. The highest BCUT2D eigenvalue weighted by atomic mass is 35.5. The van der Waals surface area contributed by atoms with Gasteiger partial charge in [-0.15, -0.1) is 0 Å². The highest BCUT2D eigenvalue weighted by Crippen LogP contribution is 2.41. The number of nitrogens with zero attached hydrogens (tertiary/aromatic N) is 2. The Balaban J connectivity index is 2.08. The predicted molar refractivity (Wildman–Crippen MR) is 66.0 cm³/mol. The normalized spacial score (nSPS) is 16.8. The Morgan fingerprint density at radius 1 is 1.67 bits per heavy atom. The van der Waals surface area contributed by atoms with Crippen LogP contribution in [-0.2, 0) is 4.79 Å². The second-order valence-corrected chi connectivity index (χ2v) is 4.75. The molecule has 98 valence electrons. The van der Waals surface area contributed by atoms with Crippen LogP contribution in [0, 0.1) is 5.41 Å². The summed E-state index contributed by atoms with van der Waals surface area (Å²) in [5.74, 6) is -0.380. The van der Waals surface area contributed by atoms with E-state index >= 15 is 0 Å². The molecule has 0 aromatic carbocycles. The number of aromatic nitrogens is 2. The van der Waals surface area contributed by atoms with Gasteiger partial charge in [-0.2, -0.15) is 4.98 Å². The molecule has 1 fully saturated rings. The molecule has 0 spiro atoms. The molecule has 0 amide bonds. The Morgan fingerprint density at radius 3 is 2.89 bits per heavy atom. The van der Waals surface area contributed by atoms with Crippen LogP contribution in [0.15, 0.2) is 6.20 Å². The molecule has 2 rings (SSSR count). The van der Waals surface area contributed by atoms with Gasteiger partial charge in [0.15, 0.2) is 5.82 Å². The van der Waals surface area contributed by atoms with Crippen molar-refractivity contribution in [1.82, 2.24) is 9.97 Å². The van der Waals surface area contributed by atoms with E-state index in [1.54, 1.807) is 0 Å². The van der Waals surface area contributed by atoms with Crippen LogP contribution in [0.2, 0.25) is 5.02 Å². The summed E-state index contributed by atoms with van der Waals surface area (Å²) in [4.78, 5) is 19.1. The number of carboxylic acid groups (broad SMARTS) is 1. The van der Waals surface area contributed by atoms with Gasteiger partial charge in [-0.1, -0.05) is 18.0 Å². The number of nitrogens with one attached hydrogen (secondary N) is 1. The molecule has 7 heteroatoms. The first-order valence-electron chi connectivity index (χ1n) is 5.61. The van der Waals surface area contributed by atoms with Crippen molar-refractivity contribution < 1.29 is 14.6 Å². The molecule has 0 aliphatic heterocycles. The van der Waals surface area contributed by atoms with Crippen molar-refractivity contribution in [2.24, 2.45) is 5.41 Å². The summed E-state index contributed by atoms with van der Waals surface area (Å²) < 4.78 is 4.89. The van der Waals surface area contributed by atoms with Crippen LogP contribution in [0.5, 0.6) is 6.01 Å². The Labute approximate surface area is 109 Å². The van der Waals surface area contributed by atoms with E-state index in [2.05, 4.69) is 15.3 Å². The fourth-order valence-corrected chi connectivity index (χ4v) is 2.05. The minimum absolute atomic E-state index is 0.194. The lowest BCUT2D eigenvalue weighted by Gasteiger charge is -2.37. The molecule has 0 radical (unpaired) electrons. The zero-order valence-electron chi connectivity index (χ0n) is 9.94. The fraction of sp³-hybridized carbons (Fsp3) is 0.545. The Morgan fingerprint density at radius 2 is 2.39 bits per heavy atom. The van der Waals surface area contributed by atoms with Gasteiger partial charge in [-0.05, 0) is 12.8 Å². The zero-order valence-corrected chi connectivity index (χ0v) is 10.7. The van der Waals surface area contributed by atoms with Crippen LogP contribution < -0.4 is 10.1 Å². The van der Waals surface area contributed by atoms with E-state index in [1.165, 1.54) is 13.3 Å². The third-order valence-corrected chi connectivity index (χ3v) is 3.54. The van der Waals surface area contributed by atoms with E-state index in [0.29, 0.717) is 30.2 Å². The second kappa shape index (κ2) is 4.97. The number of hydrogen-bond acceptors (Lipinski definition) is 5. The summed E-state index contributed by atoms with van der Waals surface area (Å²) in [6.45, 7) is 0.308. The van der Waals surface area contributed by atoms with Crippen molar-refractivity contribution in [2.45, 2.75) is 19.3 Å². The zero-order chi connectivity index (χ0) is 13.2. The van der Waals surface area contributed by atoms with Crippen LogP contribution in [0.4, 0.5) is 5.82 Å². The third kappa shape index (κ3) is 2.33. The summed E-state index contributed by atoms with van der Waals surface area (Å²) in [5, 5.41) is 12.5. The molecule has 1 heterocycles. The lowest BCUT2D eigenvalue weighted by molar-refractivity contribution is -0.153. The van der Waals surface area contributed by atoms with Gasteiger partial charge >= 0.3 is 12.0 Å². The Hall–Kier alpha value is -1.56. The Kier molecular flexibility index (Phi) is 3.56. The molecule has 0 saturated heterocycles. The smallest absolute Gasteiger partial charge is 0.318 e. The maximum atomic E-state index is 11.2. The number of carbonyl (C=O) groups is 1. The van der Waals surface area contributed by atoms with Crippen LogP contribution in [-0.4, -0.2) is 34.7 Å². The SMILES string of the molecule is COc1ncc(Cl)c(NCC2(C(=O)O)CCC2)n1. The maximum absolute atomic E-state index is 11.2. The highest BCUT2D eigenvalue weighted by Gasteiger charge is 2.44. The fourth-order valence-electron chi connectivity index (χ4n) is 1.90. The molecule has 1 saturated carbocycles. The van der Waals surface area contributed by atoms with Crippen molar-refractivity contribution in [3.63, 3.8) is 0 Å². The lowest BCUT2D eigenvalue weighted by atomic mass is 9.69. The number of anilines is 1. The van der Waals surface area contributed by atoms with Crippen LogP contribution in [0.25, 0.3) is 0 Å². The van der Waals surface area contributed by atoms with Crippen LogP contribution in [0.3, 0.4) is 0 Å². The molecule has 1 aromatic rings. The van der Waals surface area contributed by atoms with Gasteiger partial charge in [0.2, 0.25) is 0 Å². The quantitative estimate of drug-likeness (QED) is 0.850. The van der Waals surface area contributed by atoms with Gasteiger partial charge in [0, 0.05) is 6.54 Å². The first-order valence-corrected chi connectivity index (χ1v) is 5.99. The lowest BCUT2D eigenvalue weighted by Crippen LogP contribution is -2.43. The molecular formula is C11H14ClN3O3. The van der Waals surface area contributed by atoms with E-state index in [-0.39, 0.29) is 6.01 Å². The van der Waals surface area contributed by atoms with E-state index in [0.717, 1.165) is 6.42 Å². The first kappa shape index (κ1) is 12.9. The van der Waals surface area contributed by atoms with Gasteiger partial charge in [0.05, 0.1) is 18.7 Å². The number of rotatable bonds is 5. The minimum atomic E-state index is -0.779. The number of aliphatic carboxylic acids is 1. The average molecular weight is 272 g/mol. The van der Waals surface area contributed by atoms with Gasteiger partial charge in [0.25, 0.3) is 0 Å². The first-order chi connectivity index (χ1) is 8.57. The summed E-state index contributed by atoms with van der Waals surface area (Å²) in [6.07, 6.45) is 3.71. The minimum Gasteiger partial charge on any atom is -0.481 e. The van der Waals surface area contributed by atoms with Crippen LogP contribution in [0.1, 0.15) is 19.3 Å². The van der Waals surface area contributed by atoms with E-state index in [9.17, 15) is 9.90 Å². The van der Waals surface area contributed by atoms with E-state index in [4.69, 9.17) is 16.3 Å². The van der Waals surface area contributed by atoms with Crippen molar-refractivity contribution in [1.29, 1.82) is 0 Å². The van der Waals surface area contributed by atoms with E-state index < -0.39 is 11.4 Å². The van der Waals surface area contributed by atoms with Gasteiger partial charge < -0.3 is 15.2 Å².